The summed E-state index contributed by atoms with van der Waals surface area (Å²) in [6.07, 6.45) is 7.09. The van der Waals surface area contributed by atoms with Crippen molar-refractivity contribution in [1.29, 1.82) is 0 Å². The van der Waals surface area contributed by atoms with Crippen molar-refractivity contribution in [2.45, 2.75) is 32.6 Å². The molecule has 0 fully saturated rings. The minimum absolute atomic E-state index is 0.0865. The fourth-order valence-electron chi connectivity index (χ4n) is 1.26. The number of hydrogen-bond donors (Lipinski definition) is 1. The molecule has 1 aromatic heterocycles. The molecule has 0 amide bonds. The molecule has 0 saturated carbocycles. The van der Waals surface area contributed by atoms with Crippen molar-refractivity contribution in [1.82, 2.24) is 9.97 Å². The first-order chi connectivity index (χ1) is 7.74. The lowest BCUT2D eigenvalue weighted by molar-refractivity contribution is -0.385. The van der Waals surface area contributed by atoms with Gasteiger partial charge >= 0.3 is 5.69 Å². The Bertz CT molecular complexity index is 326. The molecule has 16 heavy (non-hydrogen) atoms. The van der Waals surface area contributed by atoms with Gasteiger partial charge in [0.05, 0.1) is 4.92 Å². The summed E-state index contributed by atoms with van der Waals surface area (Å²) in [5, 5.41) is 13.4. The van der Waals surface area contributed by atoms with Gasteiger partial charge in [-0.2, -0.15) is 0 Å². The van der Waals surface area contributed by atoms with Gasteiger partial charge in [0.1, 0.15) is 12.4 Å². The summed E-state index contributed by atoms with van der Waals surface area (Å²) in [5.41, 5.74) is -0.0865. The predicted octanol–water partition coefficient (Wildman–Crippen LogP) is 2.38. The van der Waals surface area contributed by atoms with Gasteiger partial charge in [-0.25, -0.2) is 9.97 Å². The number of nitrogens with one attached hydrogen (secondary N) is 1. The Balaban J connectivity index is 2.29. The van der Waals surface area contributed by atoms with Crippen LogP contribution in [0.15, 0.2) is 12.4 Å². The van der Waals surface area contributed by atoms with Crippen LogP contribution in [0.4, 0.5) is 11.6 Å². The van der Waals surface area contributed by atoms with E-state index in [0.717, 1.165) is 13.0 Å². The van der Waals surface area contributed by atoms with Gasteiger partial charge in [-0.05, 0) is 6.42 Å². The first kappa shape index (κ1) is 12.4. The lowest BCUT2D eigenvalue weighted by atomic mass is 10.2. The van der Waals surface area contributed by atoms with E-state index in [4.69, 9.17) is 0 Å². The molecule has 6 heteroatoms. The van der Waals surface area contributed by atoms with Crippen LogP contribution in [0.25, 0.3) is 0 Å². The van der Waals surface area contributed by atoms with Gasteiger partial charge in [-0.3, -0.25) is 10.1 Å². The molecule has 1 rings (SSSR count). The molecule has 0 unspecified atom stereocenters. The highest BCUT2D eigenvalue weighted by Crippen LogP contribution is 2.08. The molecule has 0 spiro atoms. The van der Waals surface area contributed by atoms with Crippen LogP contribution in [-0.4, -0.2) is 21.4 Å². The summed E-state index contributed by atoms with van der Waals surface area (Å²) in [6.45, 7) is 2.96. The Morgan fingerprint density at radius 1 is 1.31 bits per heavy atom. The summed E-state index contributed by atoms with van der Waals surface area (Å²) in [4.78, 5) is 17.5. The normalized spacial score (nSPS) is 10.1. The van der Waals surface area contributed by atoms with Crippen LogP contribution < -0.4 is 5.32 Å². The second-order valence-electron chi connectivity index (χ2n) is 3.51. The molecule has 6 nitrogen and oxygen atoms in total. The monoisotopic (exact) mass is 224 g/mol. The number of nitro groups is 1. The van der Waals surface area contributed by atoms with Crippen LogP contribution in [0, 0.1) is 10.1 Å². The number of hydrogen-bond acceptors (Lipinski definition) is 5. The Labute approximate surface area is 94.3 Å². The van der Waals surface area contributed by atoms with Crippen molar-refractivity contribution in [2.75, 3.05) is 11.9 Å². The lowest BCUT2D eigenvalue weighted by Crippen LogP contribution is -2.05. The number of nitrogens with zero attached hydrogens (tertiary/aromatic N) is 3. The zero-order chi connectivity index (χ0) is 11.8. The van der Waals surface area contributed by atoms with Crippen LogP contribution >= 0.6 is 0 Å². The van der Waals surface area contributed by atoms with E-state index in [-0.39, 0.29) is 5.69 Å². The molecule has 0 radical (unpaired) electrons. The maximum atomic E-state index is 10.3. The molecule has 0 saturated heterocycles. The molecule has 0 aromatic carbocycles. The largest absolute Gasteiger partial charge is 0.354 e. The fourth-order valence-corrected chi connectivity index (χ4v) is 1.26. The zero-order valence-electron chi connectivity index (χ0n) is 9.35. The van der Waals surface area contributed by atoms with Crippen molar-refractivity contribution in [3.05, 3.63) is 22.5 Å². The van der Waals surface area contributed by atoms with Crippen LogP contribution in [0.5, 0.6) is 0 Å². The minimum Gasteiger partial charge on any atom is -0.354 e. The highest BCUT2D eigenvalue weighted by molar-refractivity contribution is 5.30. The third kappa shape index (κ3) is 4.20. The van der Waals surface area contributed by atoms with Crippen molar-refractivity contribution in [3.63, 3.8) is 0 Å². The molecule has 1 N–H and O–H groups in total. The Kier molecular flexibility index (Phi) is 5.18. The van der Waals surface area contributed by atoms with Crippen molar-refractivity contribution >= 4 is 11.6 Å². The summed E-state index contributed by atoms with van der Waals surface area (Å²) in [6, 6.07) is 0. The van der Waals surface area contributed by atoms with E-state index < -0.39 is 4.92 Å². The third-order valence-electron chi connectivity index (χ3n) is 2.16. The van der Waals surface area contributed by atoms with Gasteiger partial charge in [0, 0.05) is 6.54 Å². The molecular formula is C10H16N4O2. The highest BCUT2D eigenvalue weighted by Gasteiger charge is 2.05. The van der Waals surface area contributed by atoms with Crippen molar-refractivity contribution in [2.24, 2.45) is 0 Å². The Hall–Kier alpha value is -1.72. The molecule has 0 bridgehead atoms. The smallest absolute Gasteiger partial charge is 0.305 e. The number of unbranched alkanes of at least 4 members (excludes halogenated alkanes) is 3. The molecule has 0 aliphatic rings. The minimum atomic E-state index is -0.509. The van der Waals surface area contributed by atoms with E-state index in [9.17, 15) is 10.1 Å². The quantitative estimate of drug-likeness (QED) is 0.437. The van der Waals surface area contributed by atoms with E-state index in [1.807, 2.05) is 0 Å². The van der Waals surface area contributed by atoms with Crippen LogP contribution in [0.1, 0.15) is 32.6 Å². The van der Waals surface area contributed by atoms with E-state index in [1.54, 1.807) is 0 Å². The summed E-state index contributed by atoms with van der Waals surface area (Å²) >= 11 is 0. The maximum absolute atomic E-state index is 10.3. The van der Waals surface area contributed by atoms with Gasteiger partial charge < -0.3 is 5.32 Å². The fraction of sp³-hybridized carbons (Fsp3) is 0.600. The summed E-state index contributed by atoms with van der Waals surface area (Å²) in [7, 11) is 0. The zero-order valence-corrected chi connectivity index (χ0v) is 9.35. The molecular weight excluding hydrogens is 208 g/mol. The number of anilines is 1. The molecule has 0 atom stereocenters. The maximum Gasteiger partial charge on any atom is 0.305 e. The third-order valence-corrected chi connectivity index (χ3v) is 2.16. The Morgan fingerprint density at radius 2 is 2.00 bits per heavy atom. The van der Waals surface area contributed by atoms with Gasteiger partial charge in [-0.15, -0.1) is 0 Å². The van der Waals surface area contributed by atoms with Crippen LogP contribution in [0.2, 0.25) is 0 Å². The first-order valence-electron chi connectivity index (χ1n) is 5.44. The average Bonchev–Trinajstić information content (AvgIpc) is 2.29. The van der Waals surface area contributed by atoms with E-state index in [2.05, 4.69) is 22.2 Å². The van der Waals surface area contributed by atoms with E-state index >= 15 is 0 Å². The highest BCUT2D eigenvalue weighted by atomic mass is 16.6. The molecule has 0 aliphatic carbocycles. The van der Waals surface area contributed by atoms with Crippen LogP contribution in [-0.2, 0) is 0 Å². The topological polar surface area (TPSA) is 81.0 Å². The van der Waals surface area contributed by atoms with Crippen LogP contribution in [0.3, 0.4) is 0 Å². The summed E-state index contributed by atoms with van der Waals surface area (Å²) < 4.78 is 0. The van der Waals surface area contributed by atoms with Crippen molar-refractivity contribution < 1.29 is 4.92 Å². The van der Waals surface area contributed by atoms with Gasteiger partial charge in [0.2, 0.25) is 5.95 Å². The standard InChI is InChI=1S/C10H16N4O2/c1-2-3-4-5-6-11-10-12-7-9(8-13-10)14(15)16/h7-8H,2-6H2,1H3,(H,11,12,13). The SMILES string of the molecule is CCCCCCNc1ncc([N+](=O)[O-])cn1. The van der Waals surface area contributed by atoms with Crippen molar-refractivity contribution in [3.8, 4) is 0 Å². The van der Waals surface area contributed by atoms with Gasteiger partial charge in [0.25, 0.3) is 0 Å². The molecule has 0 aliphatic heterocycles. The van der Waals surface area contributed by atoms with Gasteiger partial charge in [0.15, 0.2) is 0 Å². The average molecular weight is 224 g/mol. The lowest BCUT2D eigenvalue weighted by Gasteiger charge is -2.03. The second kappa shape index (κ2) is 6.71. The second-order valence-corrected chi connectivity index (χ2v) is 3.51. The first-order valence-corrected chi connectivity index (χ1v) is 5.44. The van der Waals surface area contributed by atoms with Gasteiger partial charge in [-0.1, -0.05) is 26.2 Å². The van der Waals surface area contributed by atoms with E-state index in [1.165, 1.54) is 31.7 Å². The number of rotatable bonds is 7. The predicted molar refractivity (Wildman–Crippen MR) is 61.3 cm³/mol. The molecule has 1 heterocycles. The molecule has 1 aromatic rings. The van der Waals surface area contributed by atoms with E-state index in [0.29, 0.717) is 5.95 Å². The molecule has 88 valence electrons. The Morgan fingerprint density at radius 3 is 2.56 bits per heavy atom. The summed E-state index contributed by atoms with van der Waals surface area (Å²) in [5.74, 6) is 0.446. The number of aromatic nitrogens is 2.